The van der Waals surface area contributed by atoms with Gasteiger partial charge in [-0.15, -0.1) is 0 Å². The second kappa shape index (κ2) is 12.3. The number of nitrogen functional groups attached to an aromatic ring is 1. The molecule has 0 aromatic carbocycles. The Kier molecular flexibility index (Phi) is 10.1. The molecule has 0 bridgehead atoms. The quantitative estimate of drug-likeness (QED) is 0.169. The van der Waals surface area contributed by atoms with Crippen LogP contribution in [0.1, 0.15) is 18.2 Å². The monoisotopic (exact) mass is 521 g/mol. The Balaban J connectivity index is 0.000000247. The van der Waals surface area contributed by atoms with Crippen LogP contribution in [0.3, 0.4) is 0 Å². The topological polar surface area (TPSA) is 252 Å². The van der Waals surface area contributed by atoms with E-state index in [-0.39, 0.29) is 25.4 Å². The minimum Gasteiger partial charge on any atom is -0.394 e. The molecule has 0 aliphatic carbocycles. The first-order valence-corrected chi connectivity index (χ1v) is 12.0. The summed E-state index contributed by atoms with van der Waals surface area (Å²) in [5.41, 5.74) is 4.02. The van der Waals surface area contributed by atoms with Gasteiger partial charge in [0.15, 0.2) is 0 Å². The van der Waals surface area contributed by atoms with E-state index in [2.05, 4.69) is 9.97 Å². The summed E-state index contributed by atoms with van der Waals surface area (Å²) in [6.45, 7) is 0.692. The van der Waals surface area contributed by atoms with Crippen molar-refractivity contribution in [1.82, 2.24) is 19.1 Å². The third-order valence-corrected chi connectivity index (χ3v) is 5.30. The number of hydrogen-bond donors (Lipinski definition) is 7. The third-order valence-electron chi connectivity index (χ3n) is 4.82. The number of nitrogens with two attached hydrogens (primary N) is 1. The van der Waals surface area contributed by atoms with Crippen LogP contribution in [0, 0.1) is 6.92 Å². The summed E-state index contributed by atoms with van der Waals surface area (Å²) in [6, 6.07) is 1.39. The van der Waals surface area contributed by atoms with Gasteiger partial charge in [-0.05, 0) is 13.0 Å². The summed E-state index contributed by atoms with van der Waals surface area (Å²) in [6.07, 6.45) is -0.965. The number of hydrogen-bond acceptors (Lipinski definition) is 11. The van der Waals surface area contributed by atoms with Crippen LogP contribution in [0.2, 0.25) is 0 Å². The van der Waals surface area contributed by atoms with Crippen molar-refractivity contribution in [3.8, 4) is 0 Å². The SMILES string of the molecule is Cc1cn([C@H]2C[C@H](O)[C@@H](CO)O2)c(=O)[nH]c1=O.Nc1ccn(C[C@@H](CO)OCP(=O)(O)O)c(=O)n1. The van der Waals surface area contributed by atoms with Crippen LogP contribution in [0.25, 0.3) is 0 Å². The Morgan fingerprint density at radius 3 is 2.57 bits per heavy atom. The molecule has 4 atom stereocenters. The number of H-pyrrole nitrogens is 1. The molecule has 17 heteroatoms. The summed E-state index contributed by atoms with van der Waals surface area (Å²) in [5, 5.41) is 27.5. The lowest BCUT2D eigenvalue weighted by atomic mass is 10.2. The van der Waals surface area contributed by atoms with E-state index in [1.54, 1.807) is 6.92 Å². The van der Waals surface area contributed by atoms with E-state index in [0.29, 0.717) is 5.56 Å². The van der Waals surface area contributed by atoms with Crippen LogP contribution in [-0.4, -0.2) is 82.1 Å². The summed E-state index contributed by atoms with van der Waals surface area (Å²) < 4.78 is 23.1. The van der Waals surface area contributed by atoms with Crippen molar-refractivity contribution >= 4 is 13.4 Å². The molecule has 3 heterocycles. The molecule has 2 aromatic rings. The van der Waals surface area contributed by atoms with Gasteiger partial charge in [-0.2, -0.15) is 4.98 Å². The first kappa shape index (κ1) is 28.5. The molecule has 1 fully saturated rings. The molecular weight excluding hydrogens is 493 g/mol. The van der Waals surface area contributed by atoms with Gasteiger partial charge in [-0.25, -0.2) is 9.59 Å². The maximum atomic E-state index is 11.6. The van der Waals surface area contributed by atoms with E-state index in [0.717, 1.165) is 4.57 Å². The van der Waals surface area contributed by atoms with Crippen molar-refractivity contribution in [2.24, 2.45) is 0 Å². The van der Waals surface area contributed by atoms with Crippen molar-refractivity contribution in [2.75, 3.05) is 25.3 Å². The zero-order chi connectivity index (χ0) is 26.3. The number of aliphatic hydroxyl groups excluding tert-OH is 3. The summed E-state index contributed by atoms with van der Waals surface area (Å²) in [5.74, 6) is 0.0629. The maximum absolute atomic E-state index is 11.6. The molecule has 1 saturated heterocycles. The van der Waals surface area contributed by atoms with Crippen molar-refractivity contribution in [1.29, 1.82) is 0 Å². The number of nitrogens with zero attached hydrogens (tertiary/aromatic N) is 3. The molecule has 196 valence electrons. The molecular formula is C18H28N5O11P. The van der Waals surface area contributed by atoms with E-state index in [1.807, 2.05) is 0 Å². The molecule has 0 saturated carbocycles. The predicted octanol–water partition coefficient (Wildman–Crippen LogP) is -3.18. The van der Waals surface area contributed by atoms with Crippen molar-refractivity contribution in [2.45, 2.75) is 44.4 Å². The van der Waals surface area contributed by atoms with E-state index in [4.69, 9.17) is 35.2 Å². The van der Waals surface area contributed by atoms with Crippen molar-refractivity contribution in [3.63, 3.8) is 0 Å². The Labute approximate surface area is 197 Å². The molecule has 2 aromatic heterocycles. The lowest BCUT2D eigenvalue weighted by Crippen LogP contribution is -2.33. The Morgan fingerprint density at radius 1 is 1.34 bits per heavy atom. The fraction of sp³-hybridized carbons (Fsp3) is 0.556. The molecule has 1 aliphatic rings. The minimum atomic E-state index is -4.31. The Bertz CT molecular complexity index is 1210. The average Bonchev–Trinajstić information content (AvgIpc) is 3.15. The number of ether oxygens (including phenoxy) is 2. The van der Waals surface area contributed by atoms with E-state index in [9.17, 15) is 24.1 Å². The number of aromatic amines is 1. The Hall–Kier alpha value is -2.69. The fourth-order valence-corrected chi connectivity index (χ4v) is 3.42. The molecule has 35 heavy (non-hydrogen) atoms. The van der Waals surface area contributed by atoms with Crippen molar-refractivity contribution < 1.29 is 39.1 Å². The minimum absolute atomic E-state index is 0.0629. The highest BCUT2D eigenvalue weighted by Gasteiger charge is 2.35. The zero-order valence-electron chi connectivity index (χ0n) is 18.6. The van der Waals surface area contributed by atoms with Gasteiger partial charge in [0.2, 0.25) is 0 Å². The second-order valence-electron chi connectivity index (χ2n) is 7.65. The molecule has 3 rings (SSSR count). The number of aliphatic hydroxyl groups is 3. The van der Waals surface area contributed by atoms with Crippen LogP contribution >= 0.6 is 7.60 Å². The van der Waals surface area contributed by atoms with Crippen LogP contribution in [-0.2, 0) is 20.6 Å². The second-order valence-corrected chi connectivity index (χ2v) is 9.23. The standard InChI is InChI=1S/C10H14N2O5.C8H14N3O6P/c1-5-3-12(10(16)11-9(5)15)8-2-6(14)7(4-13)17-8;9-7-1-2-11(8(13)10-7)3-6(4-12)17-5-18(14,15)16/h3,6-8,13-14H,2,4H2,1H3,(H,11,15,16);1-2,6,12H,3-5H2,(H2,9,10,13)(H2,14,15,16)/t6-,7+,8+;6-/m00/s1. The van der Waals surface area contributed by atoms with Gasteiger partial charge < -0.3 is 40.3 Å². The summed E-state index contributed by atoms with van der Waals surface area (Å²) >= 11 is 0. The van der Waals surface area contributed by atoms with Gasteiger partial charge in [-0.1, -0.05) is 0 Å². The van der Waals surface area contributed by atoms with Crippen molar-refractivity contribution in [3.05, 3.63) is 55.3 Å². The molecule has 0 amide bonds. The number of aryl methyl sites for hydroxylation is 1. The lowest BCUT2D eigenvalue weighted by Gasteiger charge is -2.16. The van der Waals surface area contributed by atoms with Crippen LogP contribution in [0.4, 0.5) is 5.82 Å². The zero-order valence-corrected chi connectivity index (χ0v) is 19.5. The Morgan fingerprint density at radius 2 is 2.03 bits per heavy atom. The highest BCUT2D eigenvalue weighted by molar-refractivity contribution is 7.51. The third kappa shape index (κ3) is 8.48. The number of nitrogens with one attached hydrogen (secondary N) is 1. The summed E-state index contributed by atoms with van der Waals surface area (Å²) in [4.78, 5) is 57.0. The van der Waals surface area contributed by atoms with E-state index < -0.39 is 62.0 Å². The smallest absolute Gasteiger partial charge is 0.350 e. The molecule has 8 N–H and O–H groups in total. The fourth-order valence-electron chi connectivity index (χ4n) is 3.02. The van der Waals surface area contributed by atoms with Crippen LogP contribution < -0.4 is 22.7 Å². The van der Waals surface area contributed by atoms with Gasteiger partial charge in [0.1, 0.15) is 24.5 Å². The van der Waals surface area contributed by atoms with Gasteiger partial charge in [-0.3, -0.25) is 23.5 Å². The number of anilines is 1. The molecule has 0 unspecified atom stereocenters. The van der Waals surface area contributed by atoms with Crippen LogP contribution in [0.5, 0.6) is 0 Å². The first-order valence-electron chi connectivity index (χ1n) is 10.2. The molecule has 16 nitrogen and oxygen atoms in total. The van der Waals surface area contributed by atoms with Crippen LogP contribution in [0.15, 0.2) is 32.8 Å². The van der Waals surface area contributed by atoms with E-state index >= 15 is 0 Å². The molecule has 0 radical (unpaired) electrons. The van der Waals surface area contributed by atoms with E-state index in [1.165, 1.54) is 23.0 Å². The average molecular weight is 521 g/mol. The van der Waals surface area contributed by atoms with Gasteiger partial charge in [0.25, 0.3) is 5.56 Å². The predicted molar refractivity (Wildman–Crippen MR) is 119 cm³/mol. The molecule has 1 aliphatic heterocycles. The van der Waals surface area contributed by atoms with Gasteiger partial charge in [0.05, 0.1) is 32.0 Å². The largest absolute Gasteiger partial charge is 0.394 e. The highest BCUT2D eigenvalue weighted by atomic mass is 31.2. The normalized spacial score (nSPS) is 20.8. The first-order chi connectivity index (χ1) is 16.3. The number of aromatic nitrogens is 4. The highest BCUT2D eigenvalue weighted by Crippen LogP contribution is 2.34. The van der Waals surface area contributed by atoms with Gasteiger partial charge in [0, 0.05) is 24.4 Å². The van der Waals surface area contributed by atoms with Gasteiger partial charge >= 0.3 is 19.0 Å². The lowest BCUT2D eigenvalue weighted by molar-refractivity contribution is -0.0459. The number of rotatable bonds is 8. The summed E-state index contributed by atoms with van der Waals surface area (Å²) in [7, 11) is -4.31. The maximum Gasteiger partial charge on any atom is 0.350 e. The molecule has 0 spiro atoms.